The molecule has 28 heavy (non-hydrogen) atoms. The summed E-state index contributed by atoms with van der Waals surface area (Å²) in [4.78, 5) is 45.1. The number of carboxylic acids is 1. The van der Waals surface area contributed by atoms with E-state index >= 15 is 0 Å². The highest BCUT2D eigenvalue weighted by molar-refractivity contribution is 5.78. The third-order valence-electron chi connectivity index (χ3n) is 4.15. The van der Waals surface area contributed by atoms with E-state index in [0.717, 1.165) is 7.11 Å². The zero-order valence-electron chi connectivity index (χ0n) is 15.6. The summed E-state index contributed by atoms with van der Waals surface area (Å²) in [7, 11) is 1.08. The molecular weight excluding hydrogens is 382 g/mol. The third kappa shape index (κ3) is 6.02. The lowest BCUT2D eigenvalue weighted by molar-refractivity contribution is -0.257. The first-order valence-corrected chi connectivity index (χ1v) is 8.38. The number of rotatable bonds is 11. The van der Waals surface area contributed by atoms with Crippen molar-refractivity contribution in [2.24, 2.45) is 0 Å². The van der Waals surface area contributed by atoms with Crippen LogP contribution < -0.4 is 5.32 Å². The van der Waals surface area contributed by atoms with E-state index in [1.54, 1.807) is 6.92 Å². The van der Waals surface area contributed by atoms with E-state index in [-0.39, 0.29) is 12.6 Å². The fraction of sp³-hybridized carbons (Fsp3) is 0.750. The van der Waals surface area contributed by atoms with Crippen molar-refractivity contribution in [2.75, 3.05) is 13.7 Å². The zero-order valence-corrected chi connectivity index (χ0v) is 15.6. The van der Waals surface area contributed by atoms with Gasteiger partial charge in [0.25, 0.3) is 0 Å². The number of hydrogen-bond acceptors (Lipinski definition) is 10. The molecule has 0 saturated carbocycles. The number of carbonyl (C=O) groups is 4. The van der Waals surface area contributed by atoms with E-state index in [2.05, 4.69) is 5.32 Å². The Hall–Kier alpha value is -1.96. The molecule has 8 unspecified atom stereocenters. The van der Waals surface area contributed by atoms with Crippen LogP contribution in [0.15, 0.2) is 0 Å². The Morgan fingerprint density at radius 1 is 1.29 bits per heavy atom. The summed E-state index contributed by atoms with van der Waals surface area (Å²) < 4.78 is 20.6. The van der Waals surface area contributed by atoms with Gasteiger partial charge in [0.05, 0.1) is 18.8 Å². The summed E-state index contributed by atoms with van der Waals surface area (Å²) in [6, 6.07) is -0.936. The molecule has 1 aliphatic rings. The summed E-state index contributed by atoms with van der Waals surface area (Å²) in [5.74, 6) is -2.06. The molecule has 1 rings (SSSR count). The lowest BCUT2D eigenvalue weighted by atomic mass is 9.93. The van der Waals surface area contributed by atoms with Crippen LogP contribution in [0.3, 0.4) is 0 Å². The van der Waals surface area contributed by atoms with Crippen LogP contribution in [0.2, 0.25) is 0 Å². The van der Waals surface area contributed by atoms with Crippen molar-refractivity contribution >= 4 is 24.4 Å². The summed E-state index contributed by atoms with van der Waals surface area (Å²) in [6.45, 7) is 2.20. The minimum Gasteiger partial charge on any atom is -0.479 e. The van der Waals surface area contributed by atoms with Gasteiger partial charge in [-0.2, -0.15) is 0 Å². The first kappa shape index (κ1) is 24.1. The number of aliphatic hydroxyl groups is 2. The van der Waals surface area contributed by atoms with Crippen LogP contribution in [0.4, 0.5) is 0 Å². The number of aldehydes is 2. The van der Waals surface area contributed by atoms with Crippen LogP contribution in [-0.2, 0) is 38.1 Å². The highest BCUT2D eigenvalue weighted by atomic mass is 16.7. The van der Waals surface area contributed by atoms with Gasteiger partial charge in [0.1, 0.15) is 24.4 Å². The van der Waals surface area contributed by atoms with Crippen molar-refractivity contribution in [2.45, 2.75) is 62.8 Å². The van der Waals surface area contributed by atoms with Gasteiger partial charge < -0.3 is 44.4 Å². The molecule has 0 aromatic rings. The maximum absolute atomic E-state index is 11.5. The number of ether oxygens (including phenoxy) is 4. The summed E-state index contributed by atoms with van der Waals surface area (Å²) in [6.07, 6.45) is -9.44. The average Bonchev–Trinajstić information content (AvgIpc) is 2.65. The van der Waals surface area contributed by atoms with Crippen LogP contribution in [0.25, 0.3) is 0 Å². The van der Waals surface area contributed by atoms with Crippen LogP contribution in [0.1, 0.15) is 13.8 Å². The van der Waals surface area contributed by atoms with E-state index in [0.29, 0.717) is 0 Å². The second-order valence-electron chi connectivity index (χ2n) is 6.12. The topological polar surface area (TPSA) is 178 Å². The van der Waals surface area contributed by atoms with Gasteiger partial charge >= 0.3 is 5.97 Å². The molecule has 0 aromatic heterocycles. The van der Waals surface area contributed by atoms with Crippen molar-refractivity contribution in [3.8, 4) is 0 Å². The van der Waals surface area contributed by atoms with Crippen molar-refractivity contribution in [3.63, 3.8) is 0 Å². The van der Waals surface area contributed by atoms with E-state index in [9.17, 15) is 34.5 Å². The normalized spacial score (nSPS) is 30.7. The molecule has 1 aliphatic heterocycles. The van der Waals surface area contributed by atoms with E-state index < -0.39 is 67.4 Å². The Balaban J connectivity index is 3.06. The molecule has 1 fully saturated rings. The van der Waals surface area contributed by atoms with Gasteiger partial charge in [-0.1, -0.05) is 0 Å². The predicted octanol–water partition coefficient (Wildman–Crippen LogP) is -2.77. The summed E-state index contributed by atoms with van der Waals surface area (Å²) in [5, 5.41) is 31.5. The van der Waals surface area contributed by atoms with Crippen LogP contribution in [0, 0.1) is 0 Å². The monoisotopic (exact) mass is 407 g/mol. The quantitative estimate of drug-likeness (QED) is 0.206. The largest absolute Gasteiger partial charge is 0.479 e. The lowest BCUT2D eigenvalue weighted by Gasteiger charge is -2.44. The third-order valence-corrected chi connectivity index (χ3v) is 4.15. The van der Waals surface area contributed by atoms with Gasteiger partial charge in [-0.3, -0.25) is 9.59 Å². The van der Waals surface area contributed by atoms with Crippen molar-refractivity contribution < 1.29 is 53.4 Å². The minimum absolute atomic E-state index is 0.124. The van der Waals surface area contributed by atoms with Gasteiger partial charge in [0.15, 0.2) is 18.7 Å². The molecule has 0 aromatic carbocycles. The Morgan fingerprint density at radius 3 is 2.36 bits per heavy atom. The van der Waals surface area contributed by atoms with Crippen LogP contribution in [-0.4, -0.2) is 102 Å². The van der Waals surface area contributed by atoms with E-state index in [4.69, 9.17) is 18.9 Å². The molecule has 8 atom stereocenters. The smallest absolute Gasteiger partial charge is 0.336 e. The number of aliphatic hydroxyl groups excluding tert-OH is 2. The SMILES string of the molecule is COC(C=O)C(OC(C=O)OC1C(O)C(CO)OC(C)C1NC(C)=O)C(=O)O. The second-order valence-corrected chi connectivity index (χ2v) is 6.12. The van der Waals surface area contributed by atoms with Gasteiger partial charge in [0.2, 0.25) is 12.2 Å². The van der Waals surface area contributed by atoms with Crippen molar-refractivity contribution in [1.82, 2.24) is 5.32 Å². The van der Waals surface area contributed by atoms with Gasteiger partial charge in [0, 0.05) is 14.0 Å². The molecule has 0 radical (unpaired) electrons. The maximum Gasteiger partial charge on any atom is 0.336 e. The van der Waals surface area contributed by atoms with Gasteiger partial charge in [-0.25, -0.2) is 4.79 Å². The number of aliphatic carboxylic acids is 1. The molecule has 160 valence electrons. The molecule has 12 nitrogen and oxygen atoms in total. The molecule has 0 bridgehead atoms. The lowest BCUT2D eigenvalue weighted by Crippen LogP contribution is -2.65. The number of amides is 1. The molecule has 4 N–H and O–H groups in total. The first-order chi connectivity index (χ1) is 13.2. The predicted molar refractivity (Wildman–Crippen MR) is 89.1 cm³/mol. The Bertz CT molecular complexity index is 557. The zero-order chi connectivity index (χ0) is 21.4. The van der Waals surface area contributed by atoms with E-state index in [1.807, 2.05) is 0 Å². The Morgan fingerprint density at radius 2 is 1.93 bits per heavy atom. The molecule has 12 heteroatoms. The molecule has 0 spiro atoms. The minimum atomic E-state index is -1.86. The number of carboxylic acid groups (broad SMARTS) is 1. The van der Waals surface area contributed by atoms with Gasteiger partial charge in [-0.05, 0) is 6.92 Å². The highest BCUT2D eigenvalue weighted by Crippen LogP contribution is 2.25. The van der Waals surface area contributed by atoms with Crippen molar-refractivity contribution in [3.05, 3.63) is 0 Å². The Kier molecular flexibility index (Phi) is 9.58. The second kappa shape index (κ2) is 11.1. The number of nitrogens with one attached hydrogen (secondary N) is 1. The number of carbonyl (C=O) groups excluding carboxylic acids is 3. The van der Waals surface area contributed by atoms with E-state index in [1.165, 1.54) is 6.92 Å². The highest BCUT2D eigenvalue weighted by Gasteiger charge is 2.46. The summed E-state index contributed by atoms with van der Waals surface area (Å²) in [5.41, 5.74) is 0. The fourth-order valence-electron chi connectivity index (χ4n) is 2.80. The maximum atomic E-state index is 11.5. The van der Waals surface area contributed by atoms with Crippen LogP contribution >= 0.6 is 0 Å². The fourth-order valence-corrected chi connectivity index (χ4v) is 2.80. The molecular formula is C16H25NO11. The van der Waals surface area contributed by atoms with Crippen LogP contribution in [0.5, 0.6) is 0 Å². The van der Waals surface area contributed by atoms with Crippen molar-refractivity contribution in [1.29, 1.82) is 0 Å². The summed E-state index contributed by atoms with van der Waals surface area (Å²) >= 11 is 0. The first-order valence-electron chi connectivity index (χ1n) is 8.38. The van der Waals surface area contributed by atoms with Gasteiger partial charge in [-0.15, -0.1) is 0 Å². The molecule has 1 saturated heterocycles. The average molecular weight is 407 g/mol. The Labute approximate surface area is 160 Å². The molecule has 1 amide bonds. The standard InChI is InChI=1S/C16H25NO11/c1-7-12(17-8(2)21)15(13(22)9(4-18)26-7)28-11(6-20)27-14(16(23)24)10(5-19)25-3/h5-7,9-15,18,22H,4H2,1-3H3,(H,17,21)(H,23,24). The molecule has 0 aliphatic carbocycles. The number of methoxy groups -OCH3 is 1. The number of hydrogen-bond donors (Lipinski definition) is 4. The molecule has 1 heterocycles.